The highest BCUT2D eigenvalue weighted by atomic mass is 79.9. The van der Waals surface area contributed by atoms with Crippen LogP contribution in [-0.2, 0) is 6.54 Å². The van der Waals surface area contributed by atoms with Crippen molar-refractivity contribution >= 4 is 49.1 Å². The van der Waals surface area contributed by atoms with E-state index in [0.717, 1.165) is 14.1 Å². The molecule has 0 bridgehead atoms. The van der Waals surface area contributed by atoms with Crippen LogP contribution in [-0.4, -0.2) is 15.9 Å². The molecule has 2 N–H and O–H groups in total. The van der Waals surface area contributed by atoms with Crippen molar-refractivity contribution < 1.29 is 4.79 Å². The molecule has 0 spiro atoms. The third-order valence-electron chi connectivity index (χ3n) is 1.84. The lowest BCUT2D eigenvalue weighted by Gasteiger charge is -1.99. The van der Waals surface area contributed by atoms with Crippen molar-refractivity contribution in [2.75, 3.05) is 0 Å². The van der Waals surface area contributed by atoms with E-state index in [1.165, 1.54) is 11.3 Å². The van der Waals surface area contributed by atoms with E-state index in [-0.39, 0.29) is 5.91 Å². The fourth-order valence-corrected chi connectivity index (χ4v) is 3.06. The number of nitrogens with one attached hydrogen (secondary N) is 2. The summed E-state index contributed by atoms with van der Waals surface area (Å²) in [6, 6.07) is 1.78. The number of aromatic amines is 1. The molecule has 0 aliphatic rings. The first-order chi connectivity index (χ1) is 7.66. The molecule has 0 radical (unpaired) electrons. The maximum absolute atomic E-state index is 11.7. The highest BCUT2D eigenvalue weighted by molar-refractivity contribution is 9.13. The van der Waals surface area contributed by atoms with Gasteiger partial charge in [0.1, 0.15) is 5.82 Å². The van der Waals surface area contributed by atoms with Crippen LogP contribution in [0.2, 0.25) is 0 Å². The molecule has 2 heterocycles. The molecule has 2 aromatic rings. The maximum Gasteiger partial charge on any atom is 0.261 e. The Morgan fingerprint density at radius 1 is 1.56 bits per heavy atom. The first-order valence-electron chi connectivity index (χ1n) is 4.38. The summed E-state index contributed by atoms with van der Waals surface area (Å²) < 4.78 is 1.80. The normalized spacial score (nSPS) is 10.4. The predicted octanol–water partition coefficient (Wildman–Crippen LogP) is 2.93. The van der Waals surface area contributed by atoms with Gasteiger partial charge in [0, 0.05) is 16.9 Å². The zero-order valence-corrected chi connectivity index (χ0v) is 11.9. The van der Waals surface area contributed by atoms with E-state index in [1.54, 1.807) is 18.5 Å². The van der Waals surface area contributed by atoms with Crippen molar-refractivity contribution in [2.24, 2.45) is 0 Å². The Morgan fingerprint density at radius 2 is 2.38 bits per heavy atom. The fraction of sp³-hybridized carbons (Fsp3) is 0.111. The molecule has 0 unspecified atom stereocenters. The quantitative estimate of drug-likeness (QED) is 0.879. The molecule has 84 valence electrons. The van der Waals surface area contributed by atoms with Crippen molar-refractivity contribution in [1.82, 2.24) is 15.3 Å². The first-order valence-corrected chi connectivity index (χ1v) is 6.78. The average Bonchev–Trinajstić information content (AvgIpc) is 2.86. The zero-order valence-electron chi connectivity index (χ0n) is 7.96. The van der Waals surface area contributed by atoms with Gasteiger partial charge in [0.2, 0.25) is 0 Å². The Morgan fingerprint density at radius 3 is 2.94 bits per heavy atom. The van der Waals surface area contributed by atoms with Crippen LogP contribution in [0.25, 0.3) is 0 Å². The number of halogens is 2. The number of hydrogen-bond acceptors (Lipinski definition) is 3. The van der Waals surface area contributed by atoms with E-state index in [1.807, 2.05) is 0 Å². The molecule has 16 heavy (non-hydrogen) atoms. The Balaban J connectivity index is 1.98. The number of H-pyrrole nitrogens is 1. The van der Waals surface area contributed by atoms with Gasteiger partial charge < -0.3 is 10.3 Å². The highest BCUT2D eigenvalue weighted by Gasteiger charge is 2.11. The number of carbonyl (C=O) groups is 1. The van der Waals surface area contributed by atoms with Gasteiger partial charge in [-0.2, -0.15) is 0 Å². The van der Waals surface area contributed by atoms with Gasteiger partial charge in [-0.1, -0.05) is 0 Å². The Bertz CT molecular complexity index is 475. The Kier molecular flexibility index (Phi) is 3.78. The van der Waals surface area contributed by atoms with Crippen LogP contribution in [0, 0.1) is 0 Å². The van der Waals surface area contributed by atoms with Crippen LogP contribution in [0.15, 0.2) is 26.7 Å². The van der Waals surface area contributed by atoms with Crippen LogP contribution in [0.1, 0.15) is 15.5 Å². The van der Waals surface area contributed by atoms with Gasteiger partial charge in [-0.3, -0.25) is 4.79 Å². The molecule has 2 rings (SSSR count). The number of aromatic nitrogens is 2. The highest BCUT2D eigenvalue weighted by Crippen LogP contribution is 2.32. The Labute approximate surface area is 113 Å². The lowest BCUT2D eigenvalue weighted by atomic mass is 10.4. The van der Waals surface area contributed by atoms with Gasteiger partial charge in [-0.25, -0.2) is 4.98 Å². The van der Waals surface area contributed by atoms with Gasteiger partial charge in [-0.05, 0) is 37.9 Å². The summed E-state index contributed by atoms with van der Waals surface area (Å²) in [5.41, 5.74) is 0. The standard InChI is InChI=1S/C9H7Br2N3OS/c10-5-3-6(16-8(5)11)9(15)14-4-7-12-1-2-13-7/h1-3H,4H2,(H,12,13)(H,14,15). The van der Waals surface area contributed by atoms with Crippen LogP contribution >= 0.6 is 43.2 Å². The average molecular weight is 365 g/mol. The summed E-state index contributed by atoms with van der Waals surface area (Å²) in [5, 5.41) is 2.78. The van der Waals surface area contributed by atoms with Crippen molar-refractivity contribution in [3.05, 3.63) is 37.4 Å². The molecule has 2 aromatic heterocycles. The number of imidazole rings is 1. The summed E-state index contributed by atoms with van der Waals surface area (Å²) in [7, 11) is 0. The first kappa shape index (κ1) is 11.8. The van der Waals surface area contributed by atoms with E-state index in [2.05, 4.69) is 47.1 Å². The summed E-state index contributed by atoms with van der Waals surface area (Å²) >= 11 is 8.07. The largest absolute Gasteiger partial charge is 0.347 e. The molecule has 7 heteroatoms. The van der Waals surface area contributed by atoms with E-state index in [0.29, 0.717) is 11.4 Å². The molecule has 4 nitrogen and oxygen atoms in total. The Hall–Kier alpha value is -0.660. The lowest BCUT2D eigenvalue weighted by Crippen LogP contribution is -2.22. The fourth-order valence-electron chi connectivity index (χ4n) is 1.10. The zero-order chi connectivity index (χ0) is 11.5. The number of rotatable bonds is 3. The molecule has 0 fully saturated rings. The molecule has 0 saturated heterocycles. The number of carbonyl (C=O) groups excluding carboxylic acids is 1. The molecule has 0 aromatic carbocycles. The van der Waals surface area contributed by atoms with E-state index in [4.69, 9.17) is 0 Å². The molecular formula is C9H7Br2N3OS. The molecule has 0 aliphatic heterocycles. The lowest BCUT2D eigenvalue weighted by molar-refractivity contribution is 0.0954. The molecule has 0 saturated carbocycles. The third kappa shape index (κ3) is 2.72. The van der Waals surface area contributed by atoms with Crippen LogP contribution in [0.4, 0.5) is 0 Å². The van der Waals surface area contributed by atoms with Gasteiger partial charge in [0.25, 0.3) is 5.91 Å². The van der Waals surface area contributed by atoms with Crippen molar-refractivity contribution in [3.63, 3.8) is 0 Å². The van der Waals surface area contributed by atoms with Crippen molar-refractivity contribution in [3.8, 4) is 0 Å². The summed E-state index contributed by atoms with van der Waals surface area (Å²) in [6.07, 6.45) is 3.37. The monoisotopic (exact) mass is 363 g/mol. The second-order valence-corrected chi connectivity index (χ2v) is 6.18. The minimum atomic E-state index is -0.104. The van der Waals surface area contributed by atoms with Crippen molar-refractivity contribution in [2.45, 2.75) is 6.54 Å². The molecule has 1 amide bonds. The van der Waals surface area contributed by atoms with Gasteiger partial charge in [-0.15, -0.1) is 11.3 Å². The predicted molar refractivity (Wildman–Crippen MR) is 69.5 cm³/mol. The van der Waals surface area contributed by atoms with Gasteiger partial charge in [0.05, 0.1) is 15.2 Å². The SMILES string of the molecule is O=C(NCc1ncc[nH]1)c1cc(Br)c(Br)s1. The van der Waals surface area contributed by atoms with Gasteiger partial charge >= 0.3 is 0 Å². The topological polar surface area (TPSA) is 57.8 Å². The smallest absolute Gasteiger partial charge is 0.261 e. The van der Waals surface area contributed by atoms with Crippen molar-refractivity contribution in [1.29, 1.82) is 0 Å². The summed E-state index contributed by atoms with van der Waals surface area (Å²) in [6.45, 7) is 0.402. The van der Waals surface area contributed by atoms with Crippen LogP contribution < -0.4 is 5.32 Å². The minimum Gasteiger partial charge on any atom is -0.347 e. The van der Waals surface area contributed by atoms with E-state index >= 15 is 0 Å². The molecule has 0 aliphatic carbocycles. The van der Waals surface area contributed by atoms with Crippen LogP contribution in [0.3, 0.4) is 0 Å². The second kappa shape index (κ2) is 5.11. The van der Waals surface area contributed by atoms with Gasteiger partial charge in [0.15, 0.2) is 0 Å². The third-order valence-corrected chi connectivity index (χ3v) is 5.10. The number of thiophene rings is 1. The summed E-state index contributed by atoms with van der Waals surface area (Å²) in [5.74, 6) is 0.635. The summed E-state index contributed by atoms with van der Waals surface area (Å²) in [4.78, 5) is 19.3. The minimum absolute atomic E-state index is 0.104. The number of amides is 1. The number of nitrogens with zero attached hydrogens (tertiary/aromatic N) is 1. The second-order valence-electron chi connectivity index (χ2n) is 2.95. The maximum atomic E-state index is 11.7. The van der Waals surface area contributed by atoms with E-state index < -0.39 is 0 Å². The van der Waals surface area contributed by atoms with E-state index in [9.17, 15) is 4.79 Å². The molecular weight excluding hydrogens is 358 g/mol. The molecule has 0 atom stereocenters. The van der Waals surface area contributed by atoms with Crippen LogP contribution in [0.5, 0.6) is 0 Å². The number of hydrogen-bond donors (Lipinski definition) is 2.